The van der Waals surface area contributed by atoms with Crippen molar-refractivity contribution in [1.29, 1.82) is 0 Å². The zero-order valence-electron chi connectivity index (χ0n) is 10.4. The number of hydrogen-bond acceptors (Lipinski definition) is 5. The summed E-state index contributed by atoms with van der Waals surface area (Å²) in [6.45, 7) is 0. The fourth-order valence-electron chi connectivity index (χ4n) is 1.62. The van der Waals surface area contributed by atoms with Crippen molar-refractivity contribution in [2.75, 3.05) is 5.32 Å². The van der Waals surface area contributed by atoms with Gasteiger partial charge in [-0.2, -0.15) is 0 Å². The van der Waals surface area contributed by atoms with Crippen molar-refractivity contribution in [3.05, 3.63) is 52.6 Å². The van der Waals surface area contributed by atoms with E-state index in [9.17, 15) is 14.9 Å². The summed E-state index contributed by atoms with van der Waals surface area (Å²) in [5.74, 6) is -0.373. The molecular weight excluding hydrogens is 262 g/mol. The van der Waals surface area contributed by atoms with Crippen LogP contribution in [-0.2, 0) is 11.2 Å². The van der Waals surface area contributed by atoms with Crippen molar-refractivity contribution in [2.24, 2.45) is 5.73 Å². The molecule has 0 saturated carbocycles. The number of H-pyrrole nitrogens is 1. The van der Waals surface area contributed by atoms with Crippen LogP contribution in [0.15, 0.2) is 36.8 Å². The molecule has 20 heavy (non-hydrogen) atoms. The maximum absolute atomic E-state index is 11.8. The molecule has 0 fully saturated rings. The lowest BCUT2D eigenvalue weighted by molar-refractivity contribution is -0.384. The number of aromatic amines is 1. The molecule has 2 aromatic rings. The van der Waals surface area contributed by atoms with Gasteiger partial charge in [-0.1, -0.05) is 0 Å². The van der Waals surface area contributed by atoms with Crippen LogP contribution >= 0.6 is 0 Å². The number of nitro benzene ring substituents is 1. The Hall–Kier alpha value is -2.74. The van der Waals surface area contributed by atoms with Crippen LogP contribution in [-0.4, -0.2) is 26.8 Å². The molecule has 4 N–H and O–H groups in total. The number of nitrogens with two attached hydrogens (primary N) is 1. The standard InChI is InChI=1S/C12H13N5O3/c13-11(5-9-6-14-7-15-9)12(18)16-8-1-3-10(4-2-8)17(19)20/h1-4,6-7,11H,5,13H2,(H,14,15)(H,16,18)/t11-/m0/s1. The molecule has 0 radical (unpaired) electrons. The Balaban J connectivity index is 1.95. The highest BCUT2D eigenvalue weighted by Gasteiger charge is 2.15. The van der Waals surface area contributed by atoms with Crippen LogP contribution in [0.5, 0.6) is 0 Å². The Labute approximate surface area is 114 Å². The molecule has 0 saturated heterocycles. The van der Waals surface area contributed by atoms with Crippen molar-refractivity contribution in [3.8, 4) is 0 Å². The van der Waals surface area contributed by atoms with Gasteiger partial charge in [-0.05, 0) is 12.1 Å². The Morgan fingerprint density at radius 3 is 2.70 bits per heavy atom. The average Bonchev–Trinajstić information content (AvgIpc) is 2.92. The highest BCUT2D eigenvalue weighted by Crippen LogP contribution is 2.15. The first-order valence-electron chi connectivity index (χ1n) is 5.85. The van der Waals surface area contributed by atoms with Crippen molar-refractivity contribution in [3.63, 3.8) is 0 Å². The Kier molecular flexibility index (Phi) is 4.06. The lowest BCUT2D eigenvalue weighted by Crippen LogP contribution is -2.37. The van der Waals surface area contributed by atoms with Crippen molar-refractivity contribution < 1.29 is 9.72 Å². The van der Waals surface area contributed by atoms with E-state index in [-0.39, 0.29) is 11.6 Å². The first-order valence-corrected chi connectivity index (χ1v) is 5.85. The molecular formula is C12H13N5O3. The Bertz CT molecular complexity index is 594. The summed E-state index contributed by atoms with van der Waals surface area (Å²) < 4.78 is 0. The summed E-state index contributed by atoms with van der Waals surface area (Å²) in [5.41, 5.74) is 6.87. The molecule has 1 aromatic carbocycles. The van der Waals surface area contributed by atoms with Gasteiger partial charge in [0.25, 0.3) is 5.69 Å². The van der Waals surface area contributed by atoms with Crippen LogP contribution in [0.3, 0.4) is 0 Å². The summed E-state index contributed by atoms with van der Waals surface area (Å²) in [4.78, 5) is 28.6. The molecule has 1 atom stereocenters. The van der Waals surface area contributed by atoms with E-state index in [0.29, 0.717) is 17.8 Å². The summed E-state index contributed by atoms with van der Waals surface area (Å²) in [5, 5.41) is 13.1. The van der Waals surface area contributed by atoms with Gasteiger partial charge in [-0.15, -0.1) is 0 Å². The Morgan fingerprint density at radius 1 is 1.45 bits per heavy atom. The van der Waals surface area contributed by atoms with Crippen LogP contribution in [0.2, 0.25) is 0 Å². The molecule has 104 valence electrons. The number of benzene rings is 1. The van der Waals surface area contributed by atoms with Gasteiger partial charge in [-0.25, -0.2) is 4.98 Å². The summed E-state index contributed by atoms with van der Waals surface area (Å²) in [7, 11) is 0. The minimum absolute atomic E-state index is 0.0381. The normalized spacial score (nSPS) is 11.8. The van der Waals surface area contributed by atoms with Crippen LogP contribution in [0.25, 0.3) is 0 Å². The number of rotatable bonds is 5. The molecule has 1 amide bonds. The van der Waals surface area contributed by atoms with Gasteiger partial charge >= 0.3 is 0 Å². The third-order valence-corrected chi connectivity index (χ3v) is 2.67. The van der Waals surface area contributed by atoms with E-state index in [1.54, 1.807) is 6.20 Å². The van der Waals surface area contributed by atoms with Gasteiger partial charge in [0.05, 0.1) is 23.0 Å². The molecule has 1 heterocycles. The zero-order chi connectivity index (χ0) is 14.5. The topological polar surface area (TPSA) is 127 Å². The molecule has 0 unspecified atom stereocenters. The largest absolute Gasteiger partial charge is 0.351 e. The second-order valence-corrected chi connectivity index (χ2v) is 4.16. The highest BCUT2D eigenvalue weighted by molar-refractivity contribution is 5.94. The van der Waals surface area contributed by atoms with E-state index in [1.807, 2.05) is 0 Å². The lowest BCUT2D eigenvalue weighted by Gasteiger charge is -2.10. The number of nitrogens with one attached hydrogen (secondary N) is 2. The van der Waals surface area contributed by atoms with Crippen LogP contribution in [0.1, 0.15) is 5.69 Å². The third kappa shape index (κ3) is 3.39. The number of amides is 1. The highest BCUT2D eigenvalue weighted by atomic mass is 16.6. The van der Waals surface area contributed by atoms with E-state index < -0.39 is 11.0 Å². The van der Waals surface area contributed by atoms with Crippen LogP contribution in [0.4, 0.5) is 11.4 Å². The van der Waals surface area contributed by atoms with Crippen molar-refractivity contribution in [2.45, 2.75) is 12.5 Å². The van der Waals surface area contributed by atoms with Gasteiger partial charge in [-0.3, -0.25) is 14.9 Å². The van der Waals surface area contributed by atoms with Crippen LogP contribution in [0, 0.1) is 10.1 Å². The van der Waals surface area contributed by atoms with Gasteiger partial charge in [0, 0.05) is 30.4 Å². The second-order valence-electron chi connectivity index (χ2n) is 4.16. The molecule has 8 heteroatoms. The van der Waals surface area contributed by atoms with E-state index in [2.05, 4.69) is 15.3 Å². The number of hydrogen-bond donors (Lipinski definition) is 3. The Morgan fingerprint density at radius 2 is 2.15 bits per heavy atom. The first-order chi connectivity index (χ1) is 9.56. The maximum Gasteiger partial charge on any atom is 0.269 e. The van der Waals surface area contributed by atoms with Gasteiger partial charge in [0.15, 0.2) is 0 Å². The van der Waals surface area contributed by atoms with Gasteiger partial charge < -0.3 is 16.0 Å². The monoisotopic (exact) mass is 275 g/mol. The smallest absolute Gasteiger partial charge is 0.269 e. The number of carbonyl (C=O) groups excluding carboxylic acids is 1. The quantitative estimate of drug-likeness (QED) is 0.550. The minimum atomic E-state index is -0.742. The predicted octanol–water partition coefficient (Wildman–Crippen LogP) is 0.826. The second kappa shape index (κ2) is 5.93. The molecule has 0 aliphatic carbocycles. The summed E-state index contributed by atoms with van der Waals surface area (Å²) in [6.07, 6.45) is 3.48. The van der Waals surface area contributed by atoms with Gasteiger partial charge in [0.1, 0.15) is 0 Å². The SMILES string of the molecule is N[C@@H](Cc1c[nH]cn1)C(=O)Nc1ccc([N+](=O)[O-])cc1. The maximum atomic E-state index is 11.8. The third-order valence-electron chi connectivity index (χ3n) is 2.67. The average molecular weight is 275 g/mol. The molecule has 0 aliphatic heterocycles. The number of anilines is 1. The number of nitro groups is 1. The summed E-state index contributed by atoms with van der Waals surface area (Å²) >= 11 is 0. The molecule has 0 spiro atoms. The molecule has 1 aromatic heterocycles. The van der Waals surface area contributed by atoms with Crippen LogP contribution < -0.4 is 11.1 Å². The number of nitrogens with zero attached hydrogens (tertiary/aromatic N) is 2. The minimum Gasteiger partial charge on any atom is -0.351 e. The first kappa shape index (κ1) is 13.7. The number of non-ortho nitro benzene ring substituents is 1. The lowest BCUT2D eigenvalue weighted by atomic mass is 10.1. The zero-order valence-corrected chi connectivity index (χ0v) is 10.4. The molecule has 2 rings (SSSR count). The fourth-order valence-corrected chi connectivity index (χ4v) is 1.62. The number of carbonyl (C=O) groups is 1. The summed E-state index contributed by atoms with van der Waals surface area (Å²) in [6, 6.07) is 4.80. The van der Waals surface area contributed by atoms with E-state index in [0.717, 1.165) is 0 Å². The van der Waals surface area contributed by atoms with Gasteiger partial charge in [0.2, 0.25) is 5.91 Å². The van der Waals surface area contributed by atoms with E-state index in [1.165, 1.54) is 30.6 Å². The molecule has 0 bridgehead atoms. The molecule has 0 aliphatic rings. The van der Waals surface area contributed by atoms with Crippen molar-refractivity contribution in [1.82, 2.24) is 9.97 Å². The van der Waals surface area contributed by atoms with E-state index in [4.69, 9.17) is 5.73 Å². The fraction of sp³-hybridized carbons (Fsp3) is 0.167. The van der Waals surface area contributed by atoms with Crippen molar-refractivity contribution >= 4 is 17.3 Å². The number of imidazole rings is 1. The predicted molar refractivity (Wildman–Crippen MR) is 72.0 cm³/mol. The van der Waals surface area contributed by atoms with E-state index >= 15 is 0 Å². The number of aromatic nitrogens is 2. The molecule has 8 nitrogen and oxygen atoms in total.